The summed E-state index contributed by atoms with van der Waals surface area (Å²) in [6, 6.07) is 5.58. The summed E-state index contributed by atoms with van der Waals surface area (Å²) in [6.45, 7) is 4.63. The van der Waals surface area contributed by atoms with Crippen LogP contribution in [0.3, 0.4) is 0 Å². The van der Waals surface area contributed by atoms with Gasteiger partial charge in [0.15, 0.2) is 0 Å². The molecule has 0 spiro atoms. The number of halogens is 1. The lowest BCUT2D eigenvalue weighted by Crippen LogP contribution is -2.32. The Morgan fingerprint density at radius 1 is 1.50 bits per heavy atom. The Morgan fingerprint density at radius 2 is 2.30 bits per heavy atom. The standard InChI is InChI=1S/C15H15BrN2O2/c1-2-18-6-5-12-11(8-18)14(15(19)20)10-4-3-9(16)7-13(10)17-12/h3-4,7H,2,5-6,8H2,1H3,(H,19,20). The van der Waals surface area contributed by atoms with Crippen LogP contribution in [0.15, 0.2) is 22.7 Å². The summed E-state index contributed by atoms with van der Waals surface area (Å²) in [5.41, 5.74) is 2.97. The van der Waals surface area contributed by atoms with Crippen molar-refractivity contribution in [1.29, 1.82) is 0 Å². The first-order valence-electron chi connectivity index (χ1n) is 6.66. The van der Waals surface area contributed by atoms with Crippen LogP contribution in [0, 0.1) is 0 Å². The minimum Gasteiger partial charge on any atom is -0.478 e. The average Bonchev–Trinajstić information content (AvgIpc) is 2.43. The van der Waals surface area contributed by atoms with Gasteiger partial charge in [-0.2, -0.15) is 0 Å². The van der Waals surface area contributed by atoms with Crippen molar-refractivity contribution in [3.05, 3.63) is 39.5 Å². The highest BCUT2D eigenvalue weighted by atomic mass is 79.9. The molecule has 2 aromatic rings. The van der Waals surface area contributed by atoms with E-state index in [0.29, 0.717) is 12.1 Å². The second-order valence-corrected chi connectivity index (χ2v) is 5.91. The number of nitrogens with zero attached hydrogens (tertiary/aromatic N) is 2. The van der Waals surface area contributed by atoms with Crippen LogP contribution in [-0.2, 0) is 13.0 Å². The van der Waals surface area contributed by atoms with Crippen molar-refractivity contribution in [2.45, 2.75) is 19.9 Å². The zero-order valence-corrected chi connectivity index (χ0v) is 12.8. The molecule has 1 N–H and O–H groups in total. The number of hydrogen-bond donors (Lipinski definition) is 1. The summed E-state index contributed by atoms with van der Waals surface area (Å²) in [5.74, 6) is -0.867. The van der Waals surface area contributed by atoms with E-state index in [1.54, 1.807) is 0 Å². The molecule has 1 aromatic heterocycles. The van der Waals surface area contributed by atoms with Crippen LogP contribution in [-0.4, -0.2) is 34.0 Å². The summed E-state index contributed by atoms with van der Waals surface area (Å²) in [5, 5.41) is 10.3. The number of hydrogen-bond acceptors (Lipinski definition) is 3. The fourth-order valence-electron chi connectivity index (χ4n) is 2.79. The topological polar surface area (TPSA) is 53.4 Å². The van der Waals surface area contributed by atoms with Gasteiger partial charge in [0, 0.05) is 40.6 Å². The van der Waals surface area contributed by atoms with Crippen molar-refractivity contribution >= 4 is 32.8 Å². The second kappa shape index (κ2) is 5.14. The highest BCUT2D eigenvalue weighted by Crippen LogP contribution is 2.29. The van der Waals surface area contributed by atoms with Gasteiger partial charge in [0.05, 0.1) is 11.1 Å². The van der Waals surface area contributed by atoms with Gasteiger partial charge in [0.25, 0.3) is 0 Å². The first-order valence-corrected chi connectivity index (χ1v) is 7.46. The van der Waals surface area contributed by atoms with Gasteiger partial charge in [-0.3, -0.25) is 9.88 Å². The number of fused-ring (bicyclic) bond motifs is 2. The highest BCUT2D eigenvalue weighted by molar-refractivity contribution is 9.10. The maximum absolute atomic E-state index is 11.7. The number of pyridine rings is 1. The van der Waals surface area contributed by atoms with E-state index in [-0.39, 0.29) is 0 Å². The Bertz CT molecular complexity index is 700. The summed E-state index contributed by atoms with van der Waals surface area (Å²) in [7, 11) is 0. The first kappa shape index (κ1) is 13.5. The number of aromatic nitrogens is 1. The number of aromatic carboxylic acids is 1. The summed E-state index contributed by atoms with van der Waals surface area (Å²) in [6.07, 6.45) is 0.811. The van der Waals surface area contributed by atoms with E-state index in [4.69, 9.17) is 0 Å². The fourth-order valence-corrected chi connectivity index (χ4v) is 3.14. The van der Waals surface area contributed by atoms with Crippen molar-refractivity contribution in [3.8, 4) is 0 Å². The van der Waals surface area contributed by atoms with Gasteiger partial charge in [-0.25, -0.2) is 4.79 Å². The molecule has 0 amide bonds. The normalized spacial score (nSPS) is 15.3. The molecule has 0 saturated carbocycles. The average molecular weight is 335 g/mol. The number of rotatable bonds is 2. The van der Waals surface area contributed by atoms with Crippen molar-refractivity contribution in [2.24, 2.45) is 0 Å². The third kappa shape index (κ3) is 2.21. The molecule has 104 valence electrons. The Kier molecular flexibility index (Phi) is 3.48. The molecule has 0 saturated heterocycles. The lowest BCUT2D eigenvalue weighted by molar-refractivity contribution is 0.0695. The van der Waals surface area contributed by atoms with Crippen LogP contribution in [0.1, 0.15) is 28.5 Å². The number of carboxylic acid groups (broad SMARTS) is 1. The largest absolute Gasteiger partial charge is 0.478 e. The summed E-state index contributed by atoms with van der Waals surface area (Å²) >= 11 is 3.42. The molecule has 2 heterocycles. The van der Waals surface area contributed by atoms with Gasteiger partial charge in [-0.15, -0.1) is 0 Å². The highest BCUT2D eigenvalue weighted by Gasteiger charge is 2.24. The maximum Gasteiger partial charge on any atom is 0.336 e. The van der Waals surface area contributed by atoms with Crippen molar-refractivity contribution in [3.63, 3.8) is 0 Å². The third-order valence-electron chi connectivity index (χ3n) is 3.84. The Balaban J connectivity index is 2.29. The second-order valence-electron chi connectivity index (χ2n) is 5.00. The van der Waals surface area contributed by atoms with E-state index in [0.717, 1.165) is 46.1 Å². The molecule has 0 unspecified atom stereocenters. The predicted molar refractivity (Wildman–Crippen MR) is 81.1 cm³/mol. The molecular formula is C15H15BrN2O2. The number of benzene rings is 1. The van der Waals surface area contributed by atoms with E-state index in [1.165, 1.54) is 0 Å². The summed E-state index contributed by atoms with van der Waals surface area (Å²) in [4.78, 5) is 18.6. The Labute approximate surface area is 125 Å². The van der Waals surface area contributed by atoms with Crippen LogP contribution < -0.4 is 0 Å². The quantitative estimate of drug-likeness (QED) is 0.916. The molecule has 5 heteroatoms. The van der Waals surface area contributed by atoms with Gasteiger partial charge in [-0.05, 0) is 18.7 Å². The number of carboxylic acids is 1. The van der Waals surface area contributed by atoms with Crippen LogP contribution in [0.4, 0.5) is 0 Å². The zero-order chi connectivity index (χ0) is 14.3. The Morgan fingerprint density at radius 3 is 3.00 bits per heavy atom. The zero-order valence-electron chi connectivity index (χ0n) is 11.2. The van der Waals surface area contributed by atoms with Gasteiger partial charge in [-0.1, -0.05) is 28.9 Å². The van der Waals surface area contributed by atoms with Crippen molar-refractivity contribution < 1.29 is 9.90 Å². The molecule has 1 aromatic carbocycles. The monoisotopic (exact) mass is 334 g/mol. The van der Waals surface area contributed by atoms with E-state index in [2.05, 4.69) is 32.7 Å². The van der Waals surface area contributed by atoms with E-state index in [9.17, 15) is 9.90 Å². The van der Waals surface area contributed by atoms with Crippen LogP contribution >= 0.6 is 15.9 Å². The molecule has 3 rings (SSSR count). The molecule has 0 radical (unpaired) electrons. The van der Waals surface area contributed by atoms with E-state index < -0.39 is 5.97 Å². The van der Waals surface area contributed by atoms with E-state index >= 15 is 0 Å². The molecule has 1 aliphatic rings. The SMILES string of the molecule is CCN1CCc2nc3cc(Br)ccc3c(C(=O)O)c2C1. The summed E-state index contributed by atoms with van der Waals surface area (Å²) < 4.78 is 0.916. The lowest BCUT2D eigenvalue weighted by Gasteiger charge is -2.28. The smallest absolute Gasteiger partial charge is 0.336 e. The van der Waals surface area contributed by atoms with Crippen LogP contribution in [0.25, 0.3) is 10.9 Å². The molecule has 0 fully saturated rings. The number of carbonyl (C=O) groups is 1. The van der Waals surface area contributed by atoms with Crippen molar-refractivity contribution in [1.82, 2.24) is 9.88 Å². The van der Waals surface area contributed by atoms with Gasteiger partial charge < -0.3 is 5.11 Å². The third-order valence-corrected chi connectivity index (χ3v) is 4.34. The maximum atomic E-state index is 11.7. The molecule has 0 bridgehead atoms. The van der Waals surface area contributed by atoms with Crippen LogP contribution in [0.5, 0.6) is 0 Å². The predicted octanol–water partition coefficient (Wildman–Crippen LogP) is 3.07. The fraction of sp³-hybridized carbons (Fsp3) is 0.333. The van der Waals surface area contributed by atoms with Gasteiger partial charge in [0.2, 0.25) is 0 Å². The van der Waals surface area contributed by atoms with Crippen LogP contribution in [0.2, 0.25) is 0 Å². The van der Waals surface area contributed by atoms with Crippen molar-refractivity contribution in [2.75, 3.05) is 13.1 Å². The van der Waals surface area contributed by atoms with Gasteiger partial charge in [0.1, 0.15) is 0 Å². The number of likely N-dealkylation sites (N-methyl/N-ethyl adjacent to an activating group) is 1. The molecule has 0 aliphatic carbocycles. The van der Waals surface area contributed by atoms with Gasteiger partial charge >= 0.3 is 5.97 Å². The molecule has 20 heavy (non-hydrogen) atoms. The molecule has 0 atom stereocenters. The van der Waals surface area contributed by atoms with E-state index in [1.807, 2.05) is 18.2 Å². The lowest BCUT2D eigenvalue weighted by atomic mass is 9.96. The molecule has 1 aliphatic heterocycles. The Hall–Kier alpha value is -1.46. The minimum absolute atomic E-state index is 0.413. The molecular weight excluding hydrogens is 320 g/mol. The first-order chi connectivity index (χ1) is 9.60. The minimum atomic E-state index is -0.867. The molecule has 4 nitrogen and oxygen atoms in total.